The van der Waals surface area contributed by atoms with Crippen LogP contribution < -0.4 is 4.90 Å². The van der Waals surface area contributed by atoms with Crippen molar-refractivity contribution >= 4 is 34.7 Å². The highest BCUT2D eigenvalue weighted by Crippen LogP contribution is 2.33. The summed E-state index contributed by atoms with van der Waals surface area (Å²) in [6.07, 6.45) is 2.59. The summed E-state index contributed by atoms with van der Waals surface area (Å²) in [5.74, 6) is -0.179. The van der Waals surface area contributed by atoms with Gasteiger partial charge in [-0.05, 0) is 54.4 Å². The second-order valence-corrected chi connectivity index (χ2v) is 6.97. The third-order valence-electron chi connectivity index (χ3n) is 4.19. The molecule has 0 atom stereocenters. The van der Waals surface area contributed by atoms with Crippen LogP contribution in [0.3, 0.4) is 0 Å². The second-order valence-electron chi connectivity index (χ2n) is 5.98. The van der Waals surface area contributed by atoms with Crippen LogP contribution in [0.25, 0.3) is 6.08 Å². The predicted octanol–water partition coefficient (Wildman–Crippen LogP) is 3.28. The maximum absolute atomic E-state index is 12.3. The molecule has 3 rings (SSSR count). The van der Waals surface area contributed by atoms with E-state index in [4.69, 9.17) is 4.74 Å². The number of hydrogen-bond donors (Lipinski definition) is 0. The Bertz CT molecular complexity index is 681. The predicted molar refractivity (Wildman–Crippen MR) is 97.2 cm³/mol. The van der Waals surface area contributed by atoms with E-state index < -0.39 is 0 Å². The quantitative estimate of drug-likeness (QED) is 0.783. The lowest BCUT2D eigenvalue weighted by molar-refractivity contribution is -0.122. The van der Waals surface area contributed by atoms with E-state index in [9.17, 15) is 9.59 Å². The van der Waals surface area contributed by atoms with Crippen molar-refractivity contribution in [3.05, 3.63) is 34.2 Å². The SMILES string of the molecule is CCCN1C(=O)S/C(=C/c2ccc(N3CCOCC3)c(C)c2)C1=O. The Morgan fingerprint density at radius 2 is 2.00 bits per heavy atom. The van der Waals surface area contributed by atoms with Crippen molar-refractivity contribution in [2.75, 3.05) is 37.7 Å². The van der Waals surface area contributed by atoms with E-state index in [1.165, 1.54) is 16.2 Å². The Labute approximate surface area is 146 Å². The van der Waals surface area contributed by atoms with E-state index in [0.717, 1.165) is 50.0 Å². The van der Waals surface area contributed by atoms with Crippen LogP contribution in [0, 0.1) is 6.92 Å². The summed E-state index contributed by atoms with van der Waals surface area (Å²) >= 11 is 1.03. The van der Waals surface area contributed by atoms with Gasteiger partial charge in [-0.15, -0.1) is 0 Å². The first kappa shape index (κ1) is 17.0. The molecule has 5 nitrogen and oxygen atoms in total. The lowest BCUT2D eigenvalue weighted by atomic mass is 10.1. The first-order valence-corrected chi connectivity index (χ1v) is 9.10. The van der Waals surface area contributed by atoms with Gasteiger partial charge in [0.15, 0.2) is 0 Å². The highest BCUT2D eigenvalue weighted by atomic mass is 32.2. The third-order valence-corrected chi connectivity index (χ3v) is 5.10. The molecule has 128 valence electrons. The Kier molecular flexibility index (Phi) is 5.26. The Balaban J connectivity index is 1.79. The highest BCUT2D eigenvalue weighted by Gasteiger charge is 2.34. The molecular formula is C18H22N2O3S. The standard InChI is InChI=1S/C18H22N2O3S/c1-3-6-20-17(21)16(24-18(20)22)12-14-4-5-15(13(2)11-14)19-7-9-23-10-8-19/h4-5,11-12H,3,6-10H2,1-2H3/b16-12+. The van der Waals surface area contributed by atoms with Crippen LogP contribution in [-0.2, 0) is 9.53 Å². The Morgan fingerprint density at radius 3 is 2.67 bits per heavy atom. The van der Waals surface area contributed by atoms with E-state index in [2.05, 4.69) is 24.0 Å². The van der Waals surface area contributed by atoms with Gasteiger partial charge in [-0.3, -0.25) is 14.5 Å². The van der Waals surface area contributed by atoms with Crippen LogP contribution in [0.4, 0.5) is 10.5 Å². The van der Waals surface area contributed by atoms with Gasteiger partial charge >= 0.3 is 0 Å². The summed E-state index contributed by atoms with van der Waals surface area (Å²) in [7, 11) is 0. The van der Waals surface area contributed by atoms with Crippen LogP contribution in [0.1, 0.15) is 24.5 Å². The van der Waals surface area contributed by atoms with Crippen LogP contribution >= 0.6 is 11.8 Å². The molecule has 2 saturated heterocycles. The summed E-state index contributed by atoms with van der Waals surface area (Å²) in [4.78, 5) is 28.4. The third kappa shape index (κ3) is 3.49. The molecule has 1 aromatic rings. The number of carbonyl (C=O) groups excluding carboxylic acids is 2. The van der Waals surface area contributed by atoms with Crippen molar-refractivity contribution in [2.45, 2.75) is 20.3 Å². The molecule has 2 fully saturated rings. The normalized spacial score (nSPS) is 20.3. The number of amides is 2. The molecule has 0 N–H and O–H groups in total. The van der Waals surface area contributed by atoms with Crippen LogP contribution in [0.15, 0.2) is 23.1 Å². The van der Waals surface area contributed by atoms with Crippen molar-refractivity contribution in [3.8, 4) is 0 Å². The molecule has 0 aliphatic carbocycles. The number of benzene rings is 1. The number of imide groups is 1. The van der Waals surface area contributed by atoms with Gasteiger partial charge in [-0.1, -0.05) is 13.0 Å². The van der Waals surface area contributed by atoms with Crippen LogP contribution in [0.2, 0.25) is 0 Å². The Hall–Kier alpha value is -1.79. The van der Waals surface area contributed by atoms with Crippen molar-refractivity contribution in [2.24, 2.45) is 0 Å². The molecule has 2 heterocycles. The second kappa shape index (κ2) is 7.40. The molecule has 0 radical (unpaired) electrons. The highest BCUT2D eigenvalue weighted by molar-refractivity contribution is 8.18. The van der Waals surface area contributed by atoms with Gasteiger partial charge < -0.3 is 9.64 Å². The minimum Gasteiger partial charge on any atom is -0.378 e. The molecule has 1 aromatic carbocycles. The molecule has 2 aliphatic rings. The van der Waals surface area contributed by atoms with Gasteiger partial charge in [-0.25, -0.2) is 0 Å². The molecular weight excluding hydrogens is 324 g/mol. The molecule has 0 aromatic heterocycles. The maximum atomic E-state index is 12.3. The molecule has 0 saturated carbocycles. The van der Waals surface area contributed by atoms with E-state index in [1.807, 2.05) is 19.1 Å². The van der Waals surface area contributed by atoms with Crippen LogP contribution in [-0.4, -0.2) is 48.9 Å². The number of morpholine rings is 1. The minimum absolute atomic E-state index is 0.172. The zero-order valence-electron chi connectivity index (χ0n) is 14.1. The summed E-state index contributed by atoms with van der Waals surface area (Å²) in [5, 5.41) is -0.172. The van der Waals surface area contributed by atoms with Crippen molar-refractivity contribution < 1.29 is 14.3 Å². The zero-order chi connectivity index (χ0) is 17.1. The van der Waals surface area contributed by atoms with E-state index in [-0.39, 0.29) is 11.1 Å². The average molecular weight is 346 g/mol. The lowest BCUT2D eigenvalue weighted by Crippen LogP contribution is -2.36. The topological polar surface area (TPSA) is 49.9 Å². The molecule has 2 aliphatic heterocycles. The number of aryl methyl sites for hydroxylation is 1. The molecule has 0 bridgehead atoms. The number of rotatable bonds is 4. The Morgan fingerprint density at radius 1 is 1.25 bits per heavy atom. The lowest BCUT2D eigenvalue weighted by Gasteiger charge is -2.30. The average Bonchev–Trinajstić information content (AvgIpc) is 2.84. The number of anilines is 1. The van der Waals surface area contributed by atoms with Gasteiger partial charge in [0.2, 0.25) is 0 Å². The van der Waals surface area contributed by atoms with E-state index in [1.54, 1.807) is 0 Å². The van der Waals surface area contributed by atoms with Gasteiger partial charge in [0, 0.05) is 25.3 Å². The number of hydrogen-bond acceptors (Lipinski definition) is 5. The summed E-state index contributed by atoms with van der Waals surface area (Å²) in [6, 6.07) is 6.16. The van der Waals surface area contributed by atoms with E-state index >= 15 is 0 Å². The fourth-order valence-electron chi connectivity index (χ4n) is 3.00. The van der Waals surface area contributed by atoms with Crippen molar-refractivity contribution in [3.63, 3.8) is 0 Å². The largest absolute Gasteiger partial charge is 0.378 e. The zero-order valence-corrected chi connectivity index (χ0v) is 14.9. The van der Waals surface area contributed by atoms with Crippen LogP contribution in [0.5, 0.6) is 0 Å². The summed E-state index contributed by atoms with van der Waals surface area (Å²) in [6.45, 7) is 7.83. The molecule has 0 spiro atoms. The van der Waals surface area contributed by atoms with E-state index in [0.29, 0.717) is 11.4 Å². The fraction of sp³-hybridized carbons (Fsp3) is 0.444. The first-order chi connectivity index (χ1) is 11.6. The molecule has 24 heavy (non-hydrogen) atoms. The maximum Gasteiger partial charge on any atom is 0.293 e. The van der Waals surface area contributed by atoms with Crippen molar-refractivity contribution in [1.82, 2.24) is 4.90 Å². The molecule has 0 unspecified atom stereocenters. The molecule has 2 amide bonds. The smallest absolute Gasteiger partial charge is 0.293 e. The van der Waals surface area contributed by atoms with Gasteiger partial charge in [0.05, 0.1) is 18.1 Å². The number of carbonyl (C=O) groups is 2. The van der Waals surface area contributed by atoms with Gasteiger partial charge in [0.1, 0.15) is 0 Å². The van der Waals surface area contributed by atoms with Crippen molar-refractivity contribution in [1.29, 1.82) is 0 Å². The summed E-state index contributed by atoms with van der Waals surface area (Å²) in [5.41, 5.74) is 3.32. The van der Waals surface area contributed by atoms with Gasteiger partial charge in [0.25, 0.3) is 11.1 Å². The number of nitrogens with zero attached hydrogens (tertiary/aromatic N) is 2. The first-order valence-electron chi connectivity index (χ1n) is 8.29. The monoisotopic (exact) mass is 346 g/mol. The number of thioether (sulfide) groups is 1. The minimum atomic E-state index is -0.179. The molecule has 6 heteroatoms. The fourth-order valence-corrected chi connectivity index (χ4v) is 3.86. The van der Waals surface area contributed by atoms with Gasteiger partial charge in [-0.2, -0.15) is 0 Å². The summed E-state index contributed by atoms with van der Waals surface area (Å²) < 4.78 is 5.40. The number of ether oxygens (including phenoxy) is 1.